The Morgan fingerprint density at radius 1 is 1.33 bits per heavy atom. The Morgan fingerprint density at radius 3 is 2.67 bits per heavy atom. The molecule has 2 aromatic heterocycles. The summed E-state index contributed by atoms with van der Waals surface area (Å²) < 4.78 is 0.804. The molecule has 1 N–H and O–H groups in total. The molecule has 0 aliphatic heterocycles. The molecule has 0 saturated carbocycles. The summed E-state index contributed by atoms with van der Waals surface area (Å²) in [4.78, 5) is 7.75. The molecule has 5 heteroatoms. The third-order valence-corrected chi connectivity index (χ3v) is 3.98. The van der Waals surface area contributed by atoms with E-state index in [1.54, 1.807) is 11.3 Å². The second-order valence-corrected chi connectivity index (χ2v) is 5.93. The molecule has 18 heavy (non-hydrogen) atoms. The van der Waals surface area contributed by atoms with Crippen molar-refractivity contribution in [2.45, 2.75) is 20.1 Å². The molecule has 0 unspecified atom stereocenters. The number of aliphatic hydroxyl groups excluding tert-OH is 1. The van der Waals surface area contributed by atoms with Crippen molar-refractivity contribution in [3.63, 3.8) is 0 Å². The van der Waals surface area contributed by atoms with Gasteiger partial charge < -0.3 is 10.0 Å². The molecule has 0 bridgehead atoms. The van der Waals surface area contributed by atoms with E-state index >= 15 is 0 Å². The Bertz CT molecular complexity index is 542. The largest absolute Gasteiger partial charge is 0.392 e. The van der Waals surface area contributed by atoms with E-state index in [4.69, 9.17) is 16.7 Å². The van der Waals surface area contributed by atoms with Crippen LogP contribution in [0.3, 0.4) is 0 Å². The number of aromatic nitrogens is 1. The van der Waals surface area contributed by atoms with Gasteiger partial charge in [-0.3, -0.25) is 0 Å². The van der Waals surface area contributed by atoms with Gasteiger partial charge in [0, 0.05) is 17.6 Å². The average Bonchev–Trinajstić information content (AvgIpc) is 2.74. The van der Waals surface area contributed by atoms with Crippen LogP contribution in [0.1, 0.15) is 16.1 Å². The van der Waals surface area contributed by atoms with E-state index in [2.05, 4.69) is 9.88 Å². The molecule has 0 spiro atoms. The number of aliphatic hydroxyl groups is 1. The monoisotopic (exact) mass is 282 g/mol. The Morgan fingerprint density at radius 2 is 2.11 bits per heavy atom. The second kappa shape index (κ2) is 5.69. The van der Waals surface area contributed by atoms with Crippen molar-refractivity contribution in [3.8, 4) is 0 Å². The van der Waals surface area contributed by atoms with Crippen LogP contribution in [-0.4, -0.2) is 17.1 Å². The maximum atomic E-state index is 9.12. The first-order chi connectivity index (χ1) is 8.60. The Kier molecular flexibility index (Phi) is 4.22. The van der Waals surface area contributed by atoms with Gasteiger partial charge in [-0.15, -0.1) is 11.3 Å². The molecular weight excluding hydrogens is 268 g/mol. The number of hydrogen-bond donors (Lipinski definition) is 1. The van der Waals surface area contributed by atoms with E-state index in [0.717, 1.165) is 28.0 Å². The fraction of sp³-hybridized carbons (Fsp3) is 0.308. The van der Waals surface area contributed by atoms with Crippen molar-refractivity contribution in [1.82, 2.24) is 4.98 Å². The summed E-state index contributed by atoms with van der Waals surface area (Å²) in [6.45, 7) is 2.72. The Hall–Kier alpha value is -1.10. The zero-order chi connectivity index (χ0) is 13.1. The lowest BCUT2D eigenvalue weighted by Crippen LogP contribution is -2.17. The van der Waals surface area contributed by atoms with Gasteiger partial charge in [0.1, 0.15) is 5.82 Å². The van der Waals surface area contributed by atoms with E-state index in [-0.39, 0.29) is 6.61 Å². The number of hydrogen-bond acceptors (Lipinski definition) is 4. The summed E-state index contributed by atoms with van der Waals surface area (Å²) in [6, 6.07) is 7.77. The van der Waals surface area contributed by atoms with Crippen LogP contribution >= 0.6 is 22.9 Å². The van der Waals surface area contributed by atoms with Gasteiger partial charge in [0.25, 0.3) is 0 Å². The van der Waals surface area contributed by atoms with Crippen LogP contribution in [0.15, 0.2) is 24.3 Å². The van der Waals surface area contributed by atoms with E-state index in [1.165, 1.54) is 4.88 Å². The first-order valence-electron chi connectivity index (χ1n) is 5.63. The highest BCUT2D eigenvalue weighted by Crippen LogP contribution is 2.24. The number of pyridine rings is 1. The van der Waals surface area contributed by atoms with Crippen molar-refractivity contribution in [1.29, 1.82) is 0 Å². The van der Waals surface area contributed by atoms with Crippen LogP contribution in [0.4, 0.5) is 5.82 Å². The second-order valence-electron chi connectivity index (χ2n) is 4.13. The van der Waals surface area contributed by atoms with Gasteiger partial charge in [-0.2, -0.15) is 0 Å². The first kappa shape index (κ1) is 13.3. The third kappa shape index (κ3) is 3.02. The molecule has 2 rings (SSSR count). The van der Waals surface area contributed by atoms with Gasteiger partial charge in [-0.05, 0) is 30.7 Å². The number of nitrogens with zero attached hydrogens (tertiary/aromatic N) is 2. The number of thiophene rings is 1. The van der Waals surface area contributed by atoms with Gasteiger partial charge in [-0.25, -0.2) is 4.98 Å². The van der Waals surface area contributed by atoms with Crippen LogP contribution in [0, 0.1) is 6.92 Å². The summed E-state index contributed by atoms with van der Waals surface area (Å²) in [7, 11) is 1.99. The smallest absolute Gasteiger partial charge is 0.128 e. The van der Waals surface area contributed by atoms with E-state index in [9.17, 15) is 0 Å². The predicted molar refractivity (Wildman–Crippen MR) is 76.3 cm³/mol. The maximum Gasteiger partial charge on any atom is 0.128 e. The summed E-state index contributed by atoms with van der Waals surface area (Å²) in [6.07, 6.45) is 0. The minimum Gasteiger partial charge on any atom is -0.392 e. The fourth-order valence-corrected chi connectivity index (χ4v) is 2.85. The van der Waals surface area contributed by atoms with Crippen molar-refractivity contribution < 1.29 is 5.11 Å². The molecule has 3 nitrogen and oxygen atoms in total. The fourth-order valence-electron chi connectivity index (χ4n) is 1.71. The van der Waals surface area contributed by atoms with Crippen molar-refractivity contribution in [2.75, 3.05) is 11.9 Å². The van der Waals surface area contributed by atoms with E-state index < -0.39 is 0 Å². The lowest BCUT2D eigenvalue weighted by molar-refractivity contribution is 0.280. The van der Waals surface area contributed by atoms with Crippen LogP contribution < -0.4 is 4.90 Å². The SMILES string of the molecule is Cc1nc(N(C)Cc2ccc(Cl)s2)ccc1CO. The maximum absolute atomic E-state index is 9.12. The van der Waals surface area contributed by atoms with Gasteiger partial charge in [0.15, 0.2) is 0 Å². The van der Waals surface area contributed by atoms with Crippen LogP contribution in [0.2, 0.25) is 4.34 Å². The van der Waals surface area contributed by atoms with E-state index in [1.807, 2.05) is 38.2 Å². The van der Waals surface area contributed by atoms with Crippen LogP contribution in [0.25, 0.3) is 0 Å². The van der Waals surface area contributed by atoms with Crippen LogP contribution in [0.5, 0.6) is 0 Å². The normalized spacial score (nSPS) is 10.7. The summed E-state index contributed by atoms with van der Waals surface area (Å²) in [5, 5.41) is 9.12. The third-order valence-electron chi connectivity index (χ3n) is 2.76. The highest BCUT2D eigenvalue weighted by atomic mass is 35.5. The number of rotatable bonds is 4. The molecule has 0 amide bonds. The average molecular weight is 283 g/mol. The highest BCUT2D eigenvalue weighted by molar-refractivity contribution is 7.16. The lowest BCUT2D eigenvalue weighted by Gasteiger charge is -2.18. The molecule has 96 valence electrons. The molecule has 0 fully saturated rings. The minimum atomic E-state index is 0.0311. The molecular formula is C13H15ClN2OS. The zero-order valence-corrected chi connectivity index (χ0v) is 11.9. The van der Waals surface area contributed by atoms with Crippen molar-refractivity contribution in [3.05, 3.63) is 44.7 Å². The number of aryl methyl sites for hydroxylation is 1. The highest BCUT2D eigenvalue weighted by Gasteiger charge is 2.07. The molecule has 0 aliphatic carbocycles. The quantitative estimate of drug-likeness (QED) is 0.935. The molecule has 0 aliphatic rings. The zero-order valence-electron chi connectivity index (χ0n) is 10.4. The topological polar surface area (TPSA) is 36.4 Å². The summed E-state index contributed by atoms with van der Waals surface area (Å²) >= 11 is 7.49. The number of halogens is 1. The van der Waals surface area contributed by atoms with Gasteiger partial charge in [0.05, 0.1) is 17.5 Å². The molecule has 2 aromatic rings. The molecule has 0 aromatic carbocycles. The summed E-state index contributed by atoms with van der Waals surface area (Å²) in [5.41, 5.74) is 1.73. The Labute approximate surface area is 116 Å². The number of anilines is 1. The van der Waals surface area contributed by atoms with Crippen molar-refractivity contribution >= 4 is 28.8 Å². The summed E-state index contributed by atoms with van der Waals surface area (Å²) in [5.74, 6) is 0.897. The van der Waals surface area contributed by atoms with Crippen molar-refractivity contribution in [2.24, 2.45) is 0 Å². The molecule has 0 saturated heterocycles. The first-order valence-corrected chi connectivity index (χ1v) is 6.82. The Balaban J connectivity index is 2.13. The molecule has 2 heterocycles. The standard InChI is InChI=1S/C13H15ClN2OS/c1-9-10(8-17)3-6-13(15-9)16(2)7-11-4-5-12(14)18-11/h3-6,17H,7-8H2,1-2H3. The van der Waals surface area contributed by atoms with Gasteiger partial charge >= 0.3 is 0 Å². The minimum absolute atomic E-state index is 0.0311. The molecule has 0 radical (unpaired) electrons. The van der Waals surface area contributed by atoms with Crippen LogP contribution in [-0.2, 0) is 13.2 Å². The van der Waals surface area contributed by atoms with Gasteiger partial charge in [-0.1, -0.05) is 17.7 Å². The van der Waals surface area contributed by atoms with Gasteiger partial charge in [0.2, 0.25) is 0 Å². The lowest BCUT2D eigenvalue weighted by atomic mass is 10.2. The molecule has 0 atom stereocenters. The predicted octanol–water partition coefficient (Wildman–Crippen LogP) is 3.23. The van der Waals surface area contributed by atoms with E-state index in [0.29, 0.717) is 0 Å².